The summed E-state index contributed by atoms with van der Waals surface area (Å²) in [5.41, 5.74) is 1.60. The number of rotatable bonds is 3. The summed E-state index contributed by atoms with van der Waals surface area (Å²) in [6.45, 7) is 1.06. The second-order valence-corrected chi connectivity index (χ2v) is 3.37. The Morgan fingerprint density at radius 3 is 2.44 bits per heavy atom. The zero-order valence-corrected chi connectivity index (χ0v) is 9.03. The van der Waals surface area contributed by atoms with Crippen LogP contribution in [-0.4, -0.2) is 30.3 Å². The van der Waals surface area contributed by atoms with Gasteiger partial charge in [0.1, 0.15) is 5.56 Å². The molecule has 2 rings (SSSR count). The Kier molecular flexibility index (Phi) is 2.66. The molecule has 0 atom stereocenters. The van der Waals surface area contributed by atoms with Crippen LogP contribution in [0, 0.1) is 0 Å². The van der Waals surface area contributed by atoms with E-state index in [1.54, 1.807) is 0 Å². The summed E-state index contributed by atoms with van der Waals surface area (Å²) < 4.78 is 10.1. The molecule has 2 heterocycles. The molecule has 0 unspecified atom stereocenters. The van der Waals surface area contributed by atoms with Crippen LogP contribution in [0.1, 0.15) is 21.5 Å². The van der Waals surface area contributed by atoms with E-state index in [1.807, 2.05) is 0 Å². The third-order valence-electron chi connectivity index (χ3n) is 2.55. The fourth-order valence-electron chi connectivity index (χ4n) is 1.85. The molecule has 1 aromatic heterocycles. The molecule has 6 heteroatoms. The highest BCUT2D eigenvalue weighted by Gasteiger charge is 2.27. The molecule has 0 bridgehead atoms. The average Bonchev–Trinajstić information content (AvgIpc) is 2.74. The minimum absolute atomic E-state index is 0.0896. The summed E-state index contributed by atoms with van der Waals surface area (Å²) >= 11 is 0. The van der Waals surface area contributed by atoms with E-state index in [0.717, 1.165) is 5.56 Å². The topological polar surface area (TPSA) is 80.7 Å². The van der Waals surface area contributed by atoms with Crippen LogP contribution in [0.25, 0.3) is 0 Å². The number of pyridine rings is 1. The monoisotopic (exact) mass is 224 g/mol. The molecule has 0 radical (unpaired) electrons. The molecule has 86 valence electrons. The maximum Gasteiger partial charge on any atom is 0.341 e. The Hall–Kier alpha value is -1.82. The molecule has 6 nitrogen and oxygen atoms in total. The number of carboxylic acids is 1. The van der Waals surface area contributed by atoms with Crippen LogP contribution in [0.15, 0.2) is 0 Å². The number of methoxy groups -OCH3 is 2. The zero-order chi connectivity index (χ0) is 11.7. The minimum Gasteiger partial charge on any atom is -0.481 e. The van der Waals surface area contributed by atoms with Crippen LogP contribution in [0.3, 0.4) is 0 Å². The molecule has 0 saturated carbocycles. The SMILES string of the molecule is COc1nc(OC)c(C(=O)O)c2c1CNC2. The van der Waals surface area contributed by atoms with Gasteiger partial charge >= 0.3 is 5.97 Å². The molecule has 0 aliphatic carbocycles. The highest BCUT2D eigenvalue weighted by Crippen LogP contribution is 2.32. The van der Waals surface area contributed by atoms with Crippen LogP contribution in [-0.2, 0) is 13.1 Å². The fraction of sp³-hybridized carbons (Fsp3) is 0.400. The van der Waals surface area contributed by atoms with Crippen molar-refractivity contribution in [3.8, 4) is 11.8 Å². The highest BCUT2D eigenvalue weighted by atomic mass is 16.5. The number of nitrogens with one attached hydrogen (secondary N) is 1. The summed E-state index contributed by atoms with van der Waals surface area (Å²) in [6.07, 6.45) is 0. The number of nitrogens with zero attached hydrogens (tertiary/aromatic N) is 1. The molecule has 1 aromatic rings. The van der Waals surface area contributed by atoms with E-state index >= 15 is 0 Å². The first-order valence-electron chi connectivity index (χ1n) is 4.76. The number of carboxylic acid groups (broad SMARTS) is 1. The number of aromatic nitrogens is 1. The lowest BCUT2D eigenvalue weighted by Crippen LogP contribution is -2.09. The van der Waals surface area contributed by atoms with Gasteiger partial charge in [0.15, 0.2) is 0 Å². The lowest BCUT2D eigenvalue weighted by Gasteiger charge is -2.11. The lowest BCUT2D eigenvalue weighted by molar-refractivity contribution is 0.0691. The molecule has 1 aliphatic heterocycles. The first-order valence-corrected chi connectivity index (χ1v) is 4.76. The van der Waals surface area contributed by atoms with Crippen LogP contribution in [0.4, 0.5) is 0 Å². The van der Waals surface area contributed by atoms with Crippen molar-refractivity contribution in [3.63, 3.8) is 0 Å². The van der Waals surface area contributed by atoms with E-state index in [9.17, 15) is 4.79 Å². The number of hydrogen-bond acceptors (Lipinski definition) is 5. The molecule has 2 N–H and O–H groups in total. The standard InChI is InChI=1S/C10H12N2O4/c1-15-8-6-4-11-3-5(6)7(10(13)14)9(12-8)16-2/h11H,3-4H2,1-2H3,(H,13,14). The minimum atomic E-state index is -1.04. The number of fused-ring (bicyclic) bond motifs is 1. The molecule has 1 aliphatic rings. The Balaban J connectivity index is 2.69. The fourth-order valence-corrected chi connectivity index (χ4v) is 1.85. The van der Waals surface area contributed by atoms with Crippen molar-refractivity contribution in [2.75, 3.05) is 14.2 Å². The van der Waals surface area contributed by atoms with Gasteiger partial charge in [0.05, 0.1) is 14.2 Å². The predicted molar refractivity (Wildman–Crippen MR) is 54.8 cm³/mol. The normalized spacial score (nSPS) is 13.4. The van der Waals surface area contributed by atoms with Crippen molar-refractivity contribution in [1.29, 1.82) is 0 Å². The molecular formula is C10H12N2O4. The molecule has 0 spiro atoms. The highest BCUT2D eigenvalue weighted by molar-refractivity contribution is 5.93. The van der Waals surface area contributed by atoms with Crippen LogP contribution >= 0.6 is 0 Å². The van der Waals surface area contributed by atoms with Crippen molar-refractivity contribution >= 4 is 5.97 Å². The van der Waals surface area contributed by atoms with Gasteiger partial charge in [-0.3, -0.25) is 0 Å². The van der Waals surface area contributed by atoms with Gasteiger partial charge in [-0.15, -0.1) is 0 Å². The summed E-state index contributed by atoms with van der Waals surface area (Å²) in [7, 11) is 2.89. The third-order valence-corrected chi connectivity index (χ3v) is 2.55. The van der Waals surface area contributed by atoms with E-state index in [2.05, 4.69) is 10.3 Å². The Morgan fingerprint density at radius 1 is 1.25 bits per heavy atom. The van der Waals surface area contributed by atoms with Gasteiger partial charge in [-0.1, -0.05) is 0 Å². The number of hydrogen-bond donors (Lipinski definition) is 2. The Morgan fingerprint density at radius 2 is 1.88 bits per heavy atom. The van der Waals surface area contributed by atoms with Crippen LogP contribution in [0.5, 0.6) is 11.8 Å². The molecule has 0 saturated heterocycles. The third kappa shape index (κ3) is 1.47. The summed E-state index contributed by atoms with van der Waals surface area (Å²) in [5, 5.41) is 12.2. The number of ether oxygens (including phenoxy) is 2. The first kappa shape index (κ1) is 10.7. The lowest BCUT2D eigenvalue weighted by atomic mass is 10.1. The van der Waals surface area contributed by atoms with Gasteiger partial charge in [-0.25, -0.2) is 4.79 Å². The maximum absolute atomic E-state index is 11.2. The van der Waals surface area contributed by atoms with Crippen molar-refractivity contribution in [1.82, 2.24) is 10.3 Å². The van der Waals surface area contributed by atoms with Gasteiger partial charge < -0.3 is 19.9 Å². The Bertz CT molecular complexity index is 445. The van der Waals surface area contributed by atoms with Crippen molar-refractivity contribution < 1.29 is 19.4 Å². The number of carbonyl (C=O) groups is 1. The van der Waals surface area contributed by atoms with Gasteiger partial charge in [0.25, 0.3) is 0 Å². The van der Waals surface area contributed by atoms with E-state index in [0.29, 0.717) is 24.5 Å². The zero-order valence-electron chi connectivity index (χ0n) is 9.03. The molecule has 16 heavy (non-hydrogen) atoms. The number of aromatic carboxylic acids is 1. The molecular weight excluding hydrogens is 212 g/mol. The van der Waals surface area contributed by atoms with E-state index < -0.39 is 5.97 Å². The second-order valence-electron chi connectivity index (χ2n) is 3.37. The molecule has 0 aromatic carbocycles. The van der Waals surface area contributed by atoms with Gasteiger partial charge in [0.2, 0.25) is 11.8 Å². The smallest absolute Gasteiger partial charge is 0.341 e. The largest absolute Gasteiger partial charge is 0.481 e. The van der Waals surface area contributed by atoms with Crippen molar-refractivity contribution in [3.05, 3.63) is 16.7 Å². The van der Waals surface area contributed by atoms with Gasteiger partial charge in [-0.2, -0.15) is 4.98 Å². The van der Waals surface area contributed by atoms with Crippen LogP contribution in [0.2, 0.25) is 0 Å². The predicted octanol–water partition coefficient (Wildman–Crippen LogP) is 0.400. The molecule has 0 fully saturated rings. The van der Waals surface area contributed by atoms with Crippen molar-refractivity contribution in [2.24, 2.45) is 0 Å². The van der Waals surface area contributed by atoms with E-state index in [4.69, 9.17) is 14.6 Å². The summed E-state index contributed by atoms with van der Waals surface area (Å²) in [4.78, 5) is 15.2. The quantitative estimate of drug-likeness (QED) is 0.773. The van der Waals surface area contributed by atoms with Gasteiger partial charge in [0, 0.05) is 18.7 Å². The average molecular weight is 224 g/mol. The van der Waals surface area contributed by atoms with Gasteiger partial charge in [-0.05, 0) is 5.56 Å². The second kappa shape index (κ2) is 3.97. The maximum atomic E-state index is 11.2. The van der Waals surface area contributed by atoms with E-state index in [-0.39, 0.29) is 11.4 Å². The van der Waals surface area contributed by atoms with Crippen molar-refractivity contribution in [2.45, 2.75) is 13.1 Å². The van der Waals surface area contributed by atoms with Crippen LogP contribution < -0.4 is 14.8 Å². The Labute approximate surface area is 92.2 Å². The van der Waals surface area contributed by atoms with E-state index in [1.165, 1.54) is 14.2 Å². The summed E-state index contributed by atoms with van der Waals surface area (Å²) in [5.74, 6) is -0.527. The summed E-state index contributed by atoms with van der Waals surface area (Å²) in [6, 6.07) is 0. The molecule has 0 amide bonds. The first-order chi connectivity index (χ1) is 7.69.